The number of carboxylic acids is 1. The number of carboxylic acid groups (broad SMARTS) is 1. The maximum absolute atomic E-state index is 11.1. The van der Waals surface area contributed by atoms with Crippen LogP contribution in [-0.2, 0) is 16.1 Å². The van der Waals surface area contributed by atoms with Gasteiger partial charge in [0.05, 0.1) is 19.3 Å². The van der Waals surface area contributed by atoms with Gasteiger partial charge in [-0.3, -0.25) is 4.79 Å². The van der Waals surface area contributed by atoms with Gasteiger partial charge in [-0.1, -0.05) is 42.5 Å². The summed E-state index contributed by atoms with van der Waals surface area (Å²) in [5.74, 6) is 0.140. The second-order valence-corrected chi connectivity index (χ2v) is 7.23. The van der Waals surface area contributed by atoms with Crippen molar-refractivity contribution >= 4 is 5.97 Å². The molecule has 1 aliphatic rings. The van der Waals surface area contributed by atoms with Crippen LogP contribution in [-0.4, -0.2) is 23.8 Å². The van der Waals surface area contributed by atoms with Crippen molar-refractivity contribution in [2.75, 3.05) is 6.61 Å². The van der Waals surface area contributed by atoms with Gasteiger partial charge in [0.2, 0.25) is 0 Å². The minimum absolute atomic E-state index is 0.0388. The zero-order valence-corrected chi connectivity index (χ0v) is 15.7. The fourth-order valence-electron chi connectivity index (χ4n) is 3.58. The predicted molar refractivity (Wildman–Crippen MR) is 105 cm³/mol. The molecule has 0 bridgehead atoms. The average Bonchev–Trinajstić information content (AvgIpc) is 3.18. The van der Waals surface area contributed by atoms with Crippen molar-refractivity contribution < 1.29 is 19.4 Å². The van der Waals surface area contributed by atoms with Gasteiger partial charge >= 0.3 is 5.97 Å². The Morgan fingerprint density at radius 3 is 2.59 bits per heavy atom. The SMILES string of the molecule is O=C(O)CC[C@H](COCc1ccccc1)c1cccc(OC2CCCC2)c1. The number of carbonyl (C=O) groups is 1. The van der Waals surface area contributed by atoms with Gasteiger partial charge in [-0.25, -0.2) is 0 Å². The highest BCUT2D eigenvalue weighted by atomic mass is 16.5. The molecule has 0 unspecified atom stereocenters. The fraction of sp³-hybridized carbons (Fsp3) is 0.435. The van der Waals surface area contributed by atoms with E-state index in [9.17, 15) is 4.79 Å². The maximum Gasteiger partial charge on any atom is 0.303 e. The van der Waals surface area contributed by atoms with E-state index in [0.29, 0.717) is 25.7 Å². The molecule has 0 heterocycles. The van der Waals surface area contributed by atoms with Crippen LogP contribution >= 0.6 is 0 Å². The van der Waals surface area contributed by atoms with Gasteiger partial charge in [-0.2, -0.15) is 0 Å². The molecule has 0 saturated heterocycles. The molecule has 1 atom stereocenters. The number of hydrogen-bond acceptors (Lipinski definition) is 3. The highest BCUT2D eigenvalue weighted by Crippen LogP contribution is 2.29. The molecule has 1 fully saturated rings. The summed E-state index contributed by atoms with van der Waals surface area (Å²) in [6.07, 6.45) is 5.70. The van der Waals surface area contributed by atoms with E-state index in [2.05, 4.69) is 6.07 Å². The van der Waals surface area contributed by atoms with Crippen molar-refractivity contribution in [3.63, 3.8) is 0 Å². The molecular formula is C23H28O4. The molecular weight excluding hydrogens is 340 g/mol. The van der Waals surface area contributed by atoms with Crippen molar-refractivity contribution in [2.24, 2.45) is 0 Å². The van der Waals surface area contributed by atoms with Crippen molar-refractivity contribution in [3.8, 4) is 5.75 Å². The van der Waals surface area contributed by atoms with E-state index in [4.69, 9.17) is 14.6 Å². The van der Waals surface area contributed by atoms with Gasteiger partial charge in [0.25, 0.3) is 0 Å². The van der Waals surface area contributed by atoms with Gasteiger partial charge in [0, 0.05) is 12.3 Å². The first-order valence-electron chi connectivity index (χ1n) is 9.81. The van der Waals surface area contributed by atoms with E-state index in [0.717, 1.165) is 29.7 Å². The molecule has 2 aromatic rings. The Kier molecular flexibility index (Phi) is 7.28. The first-order chi connectivity index (χ1) is 13.2. The lowest BCUT2D eigenvalue weighted by Gasteiger charge is -2.19. The van der Waals surface area contributed by atoms with Crippen LogP contribution < -0.4 is 4.74 Å². The van der Waals surface area contributed by atoms with Crippen LogP contribution in [0.4, 0.5) is 0 Å². The standard InChI is InChI=1S/C23H28O4/c24-23(25)14-13-20(17-26-16-18-7-2-1-3-8-18)19-9-6-12-22(15-19)27-21-10-4-5-11-21/h1-3,6-9,12,15,20-21H,4-5,10-11,13-14,16-17H2,(H,24,25)/t20-/m1/s1. The zero-order chi connectivity index (χ0) is 18.9. The molecule has 2 aromatic carbocycles. The first-order valence-corrected chi connectivity index (χ1v) is 9.81. The predicted octanol–water partition coefficient (Wildman–Crippen LogP) is 5.17. The van der Waals surface area contributed by atoms with Crippen LogP contribution in [0.2, 0.25) is 0 Å². The summed E-state index contributed by atoms with van der Waals surface area (Å²) in [7, 11) is 0. The minimum atomic E-state index is -0.776. The smallest absolute Gasteiger partial charge is 0.303 e. The van der Waals surface area contributed by atoms with Gasteiger partial charge in [-0.05, 0) is 55.4 Å². The van der Waals surface area contributed by atoms with Gasteiger partial charge < -0.3 is 14.6 Å². The second kappa shape index (κ2) is 10.1. The summed E-state index contributed by atoms with van der Waals surface area (Å²) in [6, 6.07) is 18.1. The molecule has 0 radical (unpaired) electrons. The molecule has 27 heavy (non-hydrogen) atoms. The number of rotatable bonds is 10. The topological polar surface area (TPSA) is 55.8 Å². The number of hydrogen-bond donors (Lipinski definition) is 1. The van der Waals surface area contributed by atoms with E-state index >= 15 is 0 Å². The summed E-state index contributed by atoms with van der Waals surface area (Å²) >= 11 is 0. The summed E-state index contributed by atoms with van der Waals surface area (Å²) < 4.78 is 12.0. The molecule has 0 aromatic heterocycles. The lowest BCUT2D eigenvalue weighted by Crippen LogP contribution is -2.13. The summed E-state index contributed by atoms with van der Waals surface area (Å²) in [5.41, 5.74) is 2.20. The molecule has 1 aliphatic carbocycles. The molecule has 0 amide bonds. The Morgan fingerprint density at radius 1 is 1.07 bits per heavy atom. The zero-order valence-electron chi connectivity index (χ0n) is 15.7. The highest BCUT2D eigenvalue weighted by Gasteiger charge is 2.18. The van der Waals surface area contributed by atoms with Crippen LogP contribution in [0.25, 0.3) is 0 Å². The third-order valence-electron chi connectivity index (χ3n) is 5.07. The Morgan fingerprint density at radius 2 is 1.85 bits per heavy atom. The van der Waals surface area contributed by atoms with Crippen molar-refractivity contribution in [2.45, 2.75) is 57.2 Å². The van der Waals surface area contributed by atoms with Gasteiger partial charge in [0.15, 0.2) is 0 Å². The second-order valence-electron chi connectivity index (χ2n) is 7.23. The van der Waals surface area contributed by atoms with Crippen molar-refractivity contribution in [1.29, 1.82) is 0 Å². The Balaban J connectivity index is 1.63. The van der Waals surface area contributed by atoms with E-state index in [-0.39, 0.29) is 12.3 Å². The van der Waals surface area contributed by atoms with E-state index in [1.165, 1.54) is 12.8 Å². The summed E-state index contributed by atoms with van der Waals surface area (Å²) in [5, 5.41) is 9.09. The van der Waals surface area contributed by atoms with Crippen molar-refractivity contribution in [1.82, 2.24) is 0 Å². The molecule has 0 spiro atoms. The molecule has 1 N–H and O–H groups in total. The third-order valence-corrected chi connectivity index (χ3v) is 5.07. The Bertz CT molecular complexity index is 707. The minimum Gasteiger partial charge on any atom is -0.490 e. The summed E-state index contributed by atoms with van der Waals surface area (Å²) in [6.45, 7) is 1.03. The first kappa shape index (κ1) is 19.4. The van der Waals surface area contributed by atoms with Gasteiger partial charge in [0.1, 0.15) is 5.75 Å². The van der Waals surface area contributed by atoms with Gasteiger partial charge in [-0.15, -0.1) is 0 Å². The summed E-state index contributed by atoms with van der Waals surface area (Å²) in [4.78, 5) is 11.1. The molecule has 3 rings (SSSR count). The van der Waals surface area contributed by atoms with E-state index < -0.39 is 5.97 Å². The van der Waals surface area contributed by atoms with E-state index in [1.807, 2.05) is 48.5 Å². The van der Waals surface area contributed by atoms with Crippen LogP contribution in [0.15, 0.2) is 54.6 Å². The Hall–Kier alpha value is -2.33. The number of aliphatic carboxylic acids is 1. The quantitative estimate of drug-likeness (QED) is 0.628. The Labute approximate surface area is 161 Å². The number of ether oxygens (including phenoxy) is 2. The van der Waals surface area contributed by atoms with Crippen LogP contribution in [0, 0.1) is 0 Å². The highest BCUT2D eigenvalue weighted by molar-refractivity contribution is 5.66. The molecule has 4 heteroatoms. The monoisotopic (exact) mass is 368 g/mol. The normalized spacial score (nSPS) is 15.6. The lowest BCUT2D eigenvalue weighted by atomic mass is 9.94. The van der Waals surface area contributed by atoms with Crippen LogP contribution in [0.1, 0.15) is 55.6 Å². The number of benzene rings is 2. The van der Waals surface area contributed by atoms with E-state index in [1.54, 1.807) is 0 Å². The lowest BCUT2D eigenvalue weighted by molar-refractivity contribution is -0.137. The van der Waals surface area contributed by atoms with Crippen LogP contribution in [0.3, 0.4) is 0 Å². The molecule has 0 aliphatic heterocycles. The van der Waals surface area contributed by atoms with Crippen LogP contribution in [0.5, 0.6) is 5.75 Å². The maximum atomic E-state index is 11.1. The fourth-order valence-corrected chi connectivity index (χ4v) is 3.58. The van der Waals surface area contributed by atoms with Crippen molar-refractivity contribution in [3.05, 3.63) is 65.7 Å². The largest absolute Gasteiger partial charge is 0.490 e. The molecule has 1 saturated carbocycles. The molecule has 4 nitrogen and oxygen atoms in total. The third kappa shape index (κ3) is 6.40. The molecule has 144 valence electrons. The average molecular weight is 368 g/mol.